The largest absolute Gasteiger partial charge is 0.321 e. The summed E-state index contributed by atoms with van der Waals surface area (Å²) in [6.07, 6.45) is 5.12. The van der Waals surface area contributed by atoms with Crippen molar-refractivity contribution in [2.75, 3.05) is 0 Å². The number of aromatic nitrogens is 2. The Bertz CT molecular complexity index is 344. The second-order valence-electron chi connectivity index (χ2n) is 4.59. The number of carbonyl (C=O) groups excluding carboxylic acids is 1. The first-order valence-electron chi connectivity index (χ1n) is 5.86. The number of aryl methyl sites for hydroxylation is 1. The number of nitrogens with zero attached hydrogens (tertiary/aromatic N) is 2. The van der Waals surface area contributed by atoms with Gasteiger partial charge in [-0.25, -0.2) is 0 Å². The fraction of sp³-hybridized carbons (Fsp3) is 0.667. The lowest BCUT2D eigenvalue weighted by atomic mass is 9.98. The van der Waals surface area contributed by atoms with Crippen molar-refractivity contribution in [3.05, 3.63) is 18.0 Å². The number of hydrogen-bond donors (Lipinski definition) is 1. The minimum Gasteiger partial charge on any atom is -0.321 e. The zero-order valence-corrected chi connectivity index (χ0v) is 10.3. The molecule has 2 N–H and O–H groups in total. The molecule has 0 fully saturated rings. The summed E-state index contributed by atoms with van der Waals surface area (Å²) in [5.41, 5.74) is 6.47. The summed E-state index contributed by atoms with van der Waals surface area (Å²) in [7, 11) is 0. The van der Waals surface area contributed by atoms with Crippen molar-refractivity contribution in [1.82, 2.24) is 9.78 Å². The highest BCUT2D eigenvalue weighted by Gasteiger charge is 2.18. The molecule has 0 saturated carbocycles. The number of hydrogen-bond acceptors (Lipinski definition) is 3. The predicted molar refractivity (Wildman–Crippen MR) is 64.3 cm³/mol. The maximum atomic E-state index is 11.9. The lowest BCUT2D eigenvalue weighted by molar-refractivity contribution is 0.0951. The van der Waals surface area contributed by atoms with Gasteiger partial charge in [0.2, 0.25) is 0 Å². The van der Waals surface area contributed by atoms with Crippen molar-refractivity contribution in [3.8, 4) is 0 Å². The second kappa shape index (κ2) is 5.80. The van der Waals surface area contributed by atoms with Gasteiger partial charge in [-0.3, -0.25) is 9.48 Å². The Hall–Kier alpha value is -1.16. The Labute approximate surface area is 96.8 Å². The van der Waals surface area contributed by atoms with Crippen LogP contribution in [0.15, 0.2) is 12.4 Å². The summed E-state index contributed by atoms with van der Waals surface area (Å²) in [5, 5.41) is 4.13. The molecule has 0 aliphatic carbocycles. The highest BCUT2D eigenvalue weighted by molar-refractivity contribution is 5.99. The Balaban J connectivity index is 2.64. The quantitative estimate of drug-likeness (QED) is 0.749. The topological polar surface area (TPSA) is 60.9 Å². The van der Waals surface area contributed by atoms with Gasteiger partial charge in [0.15, 0.2) is 5.78 Å². The normalized spacial score (nSPS) is 13.1. The number of ketones is 1. The van der Waals surface area contributed by atoms with Gasteiger partial charge in [-0.2, -0.15) is 5.10 Å². The number of Topliss-reactive ketones (excluding diaryl/α,β-unsaturated/α-hetero) is 1. The van der Waals surface area contributed by atoms with Crippen LogP contribution in [0.5, 0.6) is 0 Å². The van der Waals surface area contributed by atoms with E-state index in [1.54, 1.807) is 17.1 Å². The Morgan fingerprint density at radius 2 is 2.25 bits per heavy atom. The molecular formula is C12H21N3O. The van der Waals surface area contributed by atoms with Crippen LogP contribution < -0.4 is 5.73 Å². The molecule has 0 aromatic carbocycles. The third-order valence-electron chi connectivity index (χ3n) is 2.43. The van der Waals surface area contributed by atoms with Gasteiger partial charge in [-0.05, 0) is 18.8 Å². The lowest BCUT2D eigenvalue weighted by Gasteiger charge is -2.11. The molecule has 90 valence electrons. The minimum atomic E-state index is -0.403. The van der Waals surface area contributed by atoms with Crippen molar-refractivity contribution >= 4 is 5.78 Å². The summed E-state index contributed by atoms with van der Waals surface area (Å²) in [4.78, 5) is 11.9. The predicted octanol–water partition coefficient (Wildman–Crippen LogP) is 1.85. The van der Waals surface area contributed by atoms with Crippen LogP contribution in [-0.2, 0) is 6.54 Å². The first-order valence-corrected chi connectivity index (χ1v) is 5.86. The zero-order chi connectivity index (χ0) is 12.1. The molecule has 1 aromatic rings. The van der Waals surface area contributed by atoms with Gasteiger partial charge in [-0.1, -0.05) is 20.8 Å². The Morgan fingerprint density at radius 1 is 1.56 bits per heavy atom. The highest BCUT2D eigenvalue weighted by Crippen LogP contribution is 2.09. The van der Waals surface area contributed by atoms with Crippen LogP contribution in [0.2, 0.25) is 0 Å². The molecule has 0 amide bonds. The van der Waals surface area contributed by atoms with Crippen LogP contribution in [0.25, 0.3) is 0 Å². The Morgan fingerprint density at radius 3 is 2.81 bits per heavy atom. The molecule has 4 heteroatoms. The second-order valence-corrected chi connectivity index (χ2v) is 4.59. The molecule has 1 rings (SSSR count). The van der Waals surface area contributed by atoms with E-state index in [9.17, 15) is 4.79 Å². The van der Waals surface area contributed by atoms with E-state index in [0.717, 1.165) is 19.4 Å². The molecule has 1 heterocycles. The highest BCUT2D eigenvalue weighted by atomic mass is 16.1. The van der Waals surface area contributed by atoms with Gasteiger partial charge < -0.3 is 5.73 Å². The van der Waals surface area contributed by atoms with Crippen LogP contribution >= 0.6 is 0 Å². The summed E-state index contributed by atoms with van der Waals surface area (Å²) in [6.45, 7) is 7.04. The van der Waals surface area contributed by atoms with Crippen molar-refractivity contribution in [2.45, 2.75) is 46.2 Å². The Kier molecular flexibility index (Phi) is 4.68. The van der Waals surface area contributed by atoms with E-state index in [2.05, 4.69) is 25.9 Å². The summed E-state index contributed by atoms with van der Waals surface area (Å²) < 4.78 is 1.79. The van der Waals surface area contributed by atoms with Gasteiger partial charge >= 0.3 is 0 Å². The van der Waals surface area contributed by atoms with E-state index in [0.29, 0.717) is 11.5 Å². The SMILES string of the molecule is CCCn1cc(C(=O)C(N)CC(C)C)cn1. The van der Waals surface area contributed by atoms with Crippen molar-refractivity contribution in [1.29, 1.82) is 0 Å². The van der Waals surface area contributed by atoms with Gasteiger partial charge in [0.05, 0.1) is 17.8 Å². The van der Waals surface area contributed by atoms with Crippen LogP contribution in [0, 0.1) is 5.92 Å². The first-order chi connectivity index (χ1) is 7.54. The molecule has 0 aliphatic heterocycles. The third-order valence-corrected chi connectivity index (χ3v) is 2.43. The average Bonchev–Trinajstić information content (AvgIpc) is 2.64. The van der Waals surface area contributed by atoms with Crippen LogP contribution in [0.4, 0.5) is 0 Å². The van der Waals surface area contributed by atoms with E-state index in [1.807, 2.05) is 0 Å². The molecule has 16 heavy (non-hydrogen) atoms. The van der Waals surface area contributed by atoms with E-state index < -0.39 is 6.04 Å². The third kappa shape index (κ3) is 3.45. The van der Waals surface area contributed by atoms with E-state index >= 15 is 0 Å². The lowest BCUT2D eigenvalue weighted by Crippen LogP contribution is -2.31. The molecule has 0 spiro atoms. The van der Waals surface area contributed by atoms with Crippen LogP contribution in [0.1, 0.15) is 44.0 Å². The standard InChI is InChI=1S/C12H21N3O/c1-4-5-15-8-10(7-14-15)12(16)11(13)6-9(2)3/h7-9,11H,4-6,13H2,1-3H3. The molecular weight excluding hydrogens is 202 g/mol. The maximum Gasteiger partial charge on any atom is 0.182 e. The number of rotatable bonds is 6. The summed E-state index contributed by atoms with van der Waals surface area (Å²) in [5.74, 6) is 0.431. The van der Waals surface area contributed by atoms with Crippen LogP contribution in [0.3, 0.4) is 0 Å². The fourth-order valence-corrected chi connectivity index (χ4v) is 1.67. The van der Waals surface area contributed by atoms with Crippen molar-refractivity contribution in [2.24, 2.45) is 11.7 Å². The fourth-order valence-electron chi connectivity index (χ4n) is 1.67. The average molecular weight is 223 g/mol. The molecule has 1 unspecified atom stereocenters. The number of nitrogens with two attached hydrogens (primary N) is 1. The van der Waals surface area contributed by atoms with Gasteiger partial charge in [0.1, 0.15) is 0 Å². The molecule has 1 atom stereocenters. The molecule has 0 saturated heterocycles. The van der Waals surface area contributed by atoms with Gasteiger partial charge in [0.25, 0.3) is 0 Å². The van der Waals surface area contributed by atoms with Crippen molar-refractivity contribution < 1.29 is 4.79 Å². The van der Waals surface area contributed by atoms with Gasteiger partial charge in [-0.15, -0.1) is 0 Å². The number of carbonyl (C=O) groups is 1. The molecule has 1 aromatic heterocycles. The maximum absolute atomic E-state index is 11.9. The van der Waals surface area contributed by atoms with Crippen LogP contribution in [-0.4, -0.2) is 21.6 Å². The summed E-state index contributed by atoms with van der Waals surface area (Å²) in [6, 6.07) is -0.403. The molecule has 0 radical (unpaired) electrons. The monoisotopic (exact) mass is 223 g/mol. The molecule has 4 nitrogen and oxygen atoms in total. The first kappa shape index (κ1) is 12.9. The van der Waals surface area contributed by atoms with E-state index in [4.69, 9.17) is 5.73 Å². The molecule has 0 bridgehead atoms. The smallest absolute Gasteiger partial charge is 0.182 e. The van der Waals surface area contributed by atoms with E-state index in [-0.39, 0.29) is 5.78 Å². The molecule has 0 aliphatic rings. The van der Waals surface area contributed by atoms with Crippen molar-refractivity contribution in [3.63, 3.8) is 0 Å². The zero-order valence-electron chi connectivity index (χ0n) is 10.3. The minimum absolute atomic E-state index is 0.00365. The van der Waals surface area contributed by atoms with Gasteiger partial charge in [0, 0.05) is 12.7 Å². The summed E-state index contributed by atoms with van der Waals surface area (Å²) >= 11 is 0. The van der Waals surface area contributed by atoms with E-state index in [1.165, 1.54) is 0 Å².